The van der Waals surface area contributed by atoms with Gasteiger partial charge in [-0.15, -0.1) is 0 Å². The molecule has 0 spiro atoms. The maximum absolute atomic E-state index is 11.6. The Bertz CT molecular complexity index is 781. The van der Waals surface area contributed by atoms with Gasteiger partial charge in [-0.2, -0.15) is 0 Å². The van der Waals surface area contributed by atoms with Crippen LogP contribution < -0.4 is 9.47 Å². The number of rotatable bonds is 6. The molecule has 4 nitrogen and oxygen atoms in total. The SMILES string of the molecule is COc1cc(OC)c(/C(C=O)=C\Cc2cccc(Cl)c2)c(O)c1C. The minimum atomic E-state index is -0.0318. The number of benzene rings is 2. The van der Waals surface area contributed by atoms with Crippen LogP contribution in [0, 0.1) is 6.92 Å². The van der Waals surface area contributed by atoms with Crippen molar-refractivity contribution in [1.82, 2.24) is 0 Å². The number of hydrogen-bond acceptors (Lipinski definition) is 4. The molecule has 2 rings (SSSR count). The van der Waals surface area contributed by atoms with E-state index in [0.717, 1.165) is 5.56 Å². The van der Waals surface area contributed by atoms with Crippen LogP contribution in [0.4, 0.5) is 0 Å². The Kier molecular flexibility index (Phi) is 5.88. The number of methoxy groups -OCH3 is 2. The molecule has 1 N–H and O–H groups in total. The van der Waals surface area contributed by atoms with Crippen LogP contribution in [0.1, 0.15) is 16.7 Å². The molecular weight excluding hydrogens is 328 g/mol. The van der Waals surface area contributed by atoms with Crippen LogP contribution in [-0.2, 0) is 11.2 Å². The lowest BCUT2D eigenvalue weighted by molar-refractivity contribution is -0.103. The van der Waals surface area contributed by atoms with Crippen molar-refractivity contribution in [3.8, 4) is 17.2 Å². The van der Waals surface area contributed by atoms with Crippen molar-refractivity contribution < 1.29 is 19.4 Å². The summed E-state index contributed by atoms with van der Waals surface area (Å²) in [5, 5.41) is 11.1. The zero-order valence-electron chi connectivity index (χ0n) is 13.8. The van der Waals surface area contributed by atoms with Gasteiger partial charge in [0.25, 0.3) is 0 Å². The number of aldehydes is 1. The fourth-order valence-electron chi connectivity index (χ4n) is 2.47. The molecule has 0 aliphatic carbocycles. The Balaban J connectivity index is 2.48. The minimum Gasteiger partial charge on any atom is -0.507 e. The van der Waals surface area contributed by atoms with E-state index in [0.29, 0.717) is 45.9 Å². The maximum Gasteiger partial charge on any atom is 0.150 e. The Morgan fingerprint density at radius 2 is 1.92 bits per heavy atom. The number of carbonyl (C=O) groups is 1. The largest absolute Gasteiger partial charge is 0.507 e. The number of ether oxygens (including phenoxy) is 2. The zero-order chi connectivity index (χ0) is 17.7. The predicted octanol–water partition coefficient (Wildman–Crippen LogP) is 4.20. The second kappa shape index (κ2) is 7.88. The lowest BCUT2D eigenvalue weighted by Gasteiger charge is -2.15. The molecule has 0 fully saturated rings. The Morgan fingerprint density at radius 3 is 2.50 bits per heavy atom. The fraction of sp³-hybridized carbons (Fsp3) is 0.211. The van der Waals surface area contributed by atoms with Crippen molar-refractivity contribution in [2.75, 3.05) is 14.2 Å². The molecular formula is C19H19ClO4. The van der Waals surface area contributed by atoms with Crippen molar-refractivity contribution in [2.24, 2.45) is 0 Å². The van der Waals surface area contributed by atoms with E-state index in [1.165, 1.54) is 14.2 Å². The first-order valence-corrected chi connectivity index (χ1v) is 7.74. The van der Waals surface area contributed by atoms with Crippen LogP contribution >= 0.6 is 11.6 Å². The van der Waals surface area contributed by atoms with Gasteiger partial charge in [-0.25, -0.2) is 0 Å². The van der Waals surface area contributed by atoms with E-state index in [9.17, 15) is 9.90 Å². The second-order valence-corrected chi connectivity index (χ2v) is 5.68. The molecule has 2 aromatic carbocycles. The number of halogens is 1. The van der Waals surface area contributed by atoms with Gasteiger partial charge in [0.2, 0.25) is 0 Å². The van der Waals surface area contributed by atoms with Crippen LogP contribution in [-0.4, -0.2) is 25.6 Å². The van der Waals surface area contributed by atoms with Gasteiger partial charge in [0.1, 0.15) is 17.2 Å². The van der Waals surface area contributed by atoms with Crippen LogP contribution in [0.2, 0.25) is 5.02 Å². The molecule has 0 saturated carbocycles. The molecule has 24 heavy (non-hydrogen) atoms. The summed E-state index contributed by atoms with van der Waals surface area (Å²) in [5.41, 5.74) is 2.21. The highest BCUT2D eigenvalue weighted by Gasteiger charge is 2.19. The molecule has 0 amide bonds. The van der Waals surface area contributed by atoms with Gasteiger partial charge in [-0.3, -0.25) is 4.79 Å². The first-order chi connectivity index (χ1) is 11.5. The summed E-state index contributed by atoms with van der Waals surface area (Å²) >= 11 is 5.97. The maximum atomic E-state index is 11.6. The molecule has 0 radical (unpaired) electrons. The van der Waals surface area contributed by atoms with E-state index in [1.807, 2.05) is 18.2 Å². The van der Waals surface area contributed by atoms with Crippen LogP contribution in [0.15, 0.2) is 36.4 Å². The van der Waals surface area contributed by atoms with E-state index >= 15 is 0 Å². The molecule has 0 unspecified atom stereocenters. The monoisotopic (exact) mass is 346 g/mol. The highest BCUT2D eigenvalue weighted by molar-refractivity contribution is 6.30. The molecule has 0 aromatic heterocycles. The zero-order valence-corrected chi connectivity index (χ0v) is 14.6. The molecule has 0 aliphatic rings. The number of aromatic hydroxyl groups is 1. The van der Waals surface area contributed by atoms with Crippen LogP contribution in [0.5, 0.6) is 17.2 Å². The van der Waals surface area contributed by atoms with Gasteiger partial charge in [0.15, 0.2) is 6.29 Å². The van der Waals surface area contributed by atoms with Crippen LogP contribution in [0.3, 0.4) is 0 Å². The van der Waals surface area contributed by atoms with E-state index in [-0.39, 0.29) is 5.75 Å². The molecule has 0 saturated heterocycles. The molecule has 0 bridgehead atoms. The second-order valence-electron chi connectivity index (χ2n) is 5.24. The smallest absolute Gasteiger partial charge is 0.150 e. The minimum absolute atomic E-state index is 0.0318. The van der Waals surface area contributed by atoms with E-state index in [2.05, 4.69) is 0 Å². The van der Waals surface area contributed by atoms with Gasteiger partial charge < -0.3 is 14.6 Å². The molecule has 0 heterocycles. The predicted molar refractivity (Wildman–Crippen MR) is 95.1 cm³/mol. The Hall–Kier alpha value is -2.46. The molecule has 0 atom stereocenters. The number of carbonyl (C=O) groups excluding carboxylic acids is 1. The lowest BCUT2D eigenvalue weighted by atomic mass is 9.98. The topological polar surface area (TPSA) is 55.8 Å². The number of phenolic OH excluding ortho intramolecular Hbond substituents is 1. The normalized spacial score (nSPS) is 11.2. The van der Waals surface area contributed by atoms with Gasteiger partial charge in [-0.1, -0.05) is 29.8 Å². The Labute approximate surface area is 146 Å². The van der Waals surface area contributed by atoms with Gasteiger partial charge in [0, 0.05) is 22.2 Å². The highest BCUT2D eigenvalue weighted by Crippen LogP contribution is 2.41. The third-order valence-electron chi connectivity index (χ3n) is 3.77. The average Bonchev–Trinajstić information content (AvgIpc) is 2.59. The first-order valence-electron chi connectivity index (χ1n) is 7.36. The van der Waals surface area contributed by atoms with E-state index in [4.69, 9.17) is 21.1 Å². The fourth-order valence-corrected chi connectivity index (χ4v) is 2.69. The summed E-state index contributed by atoms with van der Waals surface area (Å²) in [6.45, 7) is 1.72. The molecule has 0 aliphatic heterocycles. The van der Waals surface area contributed by atoms with Crippen molar-refractivity contribution in [2.45, 2.75) is 13.3 Å². The Morgan fingerprint density at radius 1 is 1.21 bits per heavy atom. The van der Waals surface area contributed by atoms with Gasteiger partial charge >= 0.3 is 0 Å². The van der Waals surface area contributed by atoms with Crippen molar-refractivity contribution in [3.05, 3.63) is 58.1 Å². The number of hydrogen-bond donors (Lipinski definition) is 1. The van der Waals surface area contributed by atoms with Crippen molar-refractivity contribution in [3.63, 3.8) is 0 Å². The van der Waals surface area contributed by atoms with Crippen molar-refractivity contribution >= 4 is 23.5 Å². The molecule has 126 valence electrons. The lowest BCUT2D eigenvalue weighted by Crippen LogP contribution is -1.98. The van der Waals surface area contributed by atoms with Gasteiger partial charge in [0.05, 0.1) is 19.8 Å². The quantitative estimate of drug-likeness (QED) is 0.629. The average molecular weight is 347 g/mol. The van der Waals surface area contributed by atoms with Gasteiger partial charge in [-0.05, 0) is 31.0 Å². The summed E-state index contributed by atoms with van der Waals surface area (Å²) in [5.74, 6) is 0.836. The highest BCUT2D eigenvalue weighted by atomic mass is 35.5. The summed E-state index contributed by atoms with van der Waals surface area (Å²) in [6, 6.07) is 9.04. The van der Waals surface area contributed by atoms with Crippen molar-refractivity contribution in [1.29, 1.82) is 0 Å². The summed E-state index contributed by atoms with van der Waals surface area (Å²) < 4.78 is 10.5. The van der Waals surface area contributed by atoms with E-state index in [1.54, 1.807) is 25.1 Å². The standard InChI is InChI=1S/C19H19ClO4/c1-12-16(23-2)10-17(24-3)18(19(12)22)14(11-21)8-7-13-5-4-6-15(20)9-13/h4-6,8-11,22H,7H2,1-3H3/b14-8-. The number of allylic oxidation sites excluding steroid dienone is 2. The first kappa shape index (κ1) is 17.9. The van der Waals surface area contributed by atoms with Crippen LogP contribution in [0.25, 0.3) is 5.57 Å². The third-order valence-corrected chi connectivity index (χ3v) is 4.01. The molecule has 2 aromatic rings. The summed E-state index contributed by atoms with van der Waals surface area (Å²) in [4.78, 5) is 11.6. The number of phenols is 1. The summed E-state index contributed by atoms with van der Waals surface area (Å²) in [7, 11) is 2.99. The van der Waals surface area contributed by atoms with E-state index < -0.39 is 0 Å². The summed E-state index contributed by atoms with van der Waals surface area (Å²) in [6.07, 6.45) is 2.94. The molecule has 5 heteroatoms. The third kappa shape index (κ3) is 3.71.